The highest BCUT2D eigenvalue weighted by atomic mass is 16.7. The van der Waals surface area contributed by atoms with Crippen LogP contribution >= 0.6 is 0 Å². The first-order chi connectivity index (χ1) is 7.22. The molecule has 0 aromatic rings. The van der Waals surface area contributed by atoms with E-state index >= 15 is 0 Å². The smallest absolute Gasteiger partial charge is 0.317 e. The highest BCUT2D eigenvalue weighted by molar-refractivity contribution is 5.81. The lowest BCUT2D eigenvalue weighted by atomic mass is 9.96. The topological polar surface area (TPSA) is 50.7 Å². The summed E-state index contributed by atoms with van der Waals surface area (Å²) in [6.45, 7) is 3.81. The molecular weight excluding hydrogens is 192 g/mol. The predicted octanol–water partition coefficient (Wildman–Crippen LogP) is 2.83. The number of carbonyl (C=O) groups excluding carboxylic acids is 1. The molecule has 0 aromatic carbocycles. The van der Waals surface area contributed by atoms with Crippen LogP contribution in [0, 0.1) is 0 Å². The minimum Gasteiger partial charge on any atom is -0.317 e. The Morgan fingerprint density at radius 3 is 2.67 bits per heavy atom. The van der Waals surface area contributed by atoms with Gasteiger partial charge in [0, 0.05) is 6.04 Å². The largest absolute Gasteiger partial charge is 0.433 e. The molecule has 0 unspecified atom stereocenters. The Kier molecular flexibility index (Phi) is 5.15. The second-order valence-corrected chi connectivity index (χ2v) is 4.04. The van der Waals surface area contributed by atoms with Gasteiger partial charge in [0.05, 0.1) is 5.71 Å². The van der Waals surface area contributed by atoms with Crippen LogP contribution in [0.1, 0.15) is 52.4 Å². The molecule has 0 atom stereocenters. The average Bonchev–Trinajstić information content (AvgIpc) is 2.27. The average molecular weight is 212 g/mol. The molecule has 0 radical (unpaired) electrons. The Balaban J connectivity index is 2.22. The van der Waals surface area contributed by atoms with E-state index < -0.39 is 6.09 Å². The Hall–Kier alpha value is -1.06. The summed E-state index contributed by atoms with van der Waals surface area (Å²) >= 11 is 0. The molecule has 0 spiro atoms. The van der Waals surface area contributed by atoms with Crippen molar-refractivity contribution in [3.63, 3.8) is 0 Å². The zero-order chi connectivity index (χ0) is 11.1. The van der Waals surface area contributed by atoms with E-state index in [1.807, 2.05) is 13.8 Å². The van der Waals surface area contributed by atoms with Crippen LogP contribution in [0.15, 0.2) is 5.16 Å². The van der Waals surface area contributed by atoms with Crippen LogP contribution in [0.4, 0.5) is 4.79 Å². The number of nitrogens with one attached hydrogen (secondary N) is 1. The van der Waals surface area contributed by atoms with Crippen molar-refractivity contribution in [3.8, 4) is 0 Å². The van der Waals surface area contributed by atoms with Gasteiger partial charge in [-0.25, -0.2) is 4.79 Å². The third kappa shape index (κ3) is 4.81. The number of oxime groups is 1. The van der Waals surface area contributed by atoms with Crippen molar-refractivity contribution in [1.82, 2.24) is 5.32 Å². The van der Waals surface area contributed by atoms with Crippen molar-refractivity contribution in [3.05, 3.63) is 0 Å². The molecule has 4 nitrogen and oxygen atoms in total. The van der Waals surface area contributed by atoms with Crippen molar-refractivity contribution in [2.24, 2.45) is 5.16 Å². The van der Waals surface area contributed by atoms with Gasteiger partial charge in [0.25, 0.3) is 0 Å². The van der Waals surface area contributed by atoms with Crippen molar-refractivity contribution in [2.75, 3.05) is 0 Å². The SMILES string of the molecule is CC/C(C)=N/OC(=O)NC1CCCCC1. The third-order valence-electron chi connectivity index (χ3n) is 2.72. The molecule has 1 rings (SSSR count). The maximum atomic E-state index is 11.3. The van der Waals surface area contributed by atoms with Gasteiger partial charge in [-0.15, -0.1) is 0 Å². The van der Waals surface area contributed by atoms with Gasteiger partial charge < -0.3 is 5.32 Å². The Morgan fingerprint density at radius 1 is 1.40 bits per heavy atom. The fraction of sp³-hybridized carbons (Fsp3) is 0.818. The predicted molar refractivity (Wildman–Crippen MR) is 59.9 cm³/mol. The maximum absolute atomic E-state index is 11.3. The van der Waals surface area contributed by atoms with Crippen LogP contribution in [-0.4, -0.2) is 17.8 Å². The number of carbonyl (C=O) groups is 1. The van der Waals surface area contributed by atoms with E-state index in [0.29, 0.717) is 0 Å². The molecular formula is C11H20N2O2. The lowest BCUT2D eigenvalue weighted by Gasteiger charge is -2.21. The lowest BCUT2D eigenvalue weighted by Crippen LogP contribution is -2.35. The van der Waals surface area contributed by atoms with E-state index in [1.54, 1.807) is 0 Å². The number of nitrogens with zero attached hydrogens (tertiary/aromatic N) is 1. The fourth-order valence-corrected chi connectivity index (χ4v) is 1.62. The first-order valence-electron chi connectivity index (χ1n) is 5.73. The van der Waals surface area contributed by atoms with Crippen molar-refractivity contribution in [1.29, 1.82) is 0 Å². The van der Waals surface area contributed by atoms with Crippen molar-refractivity contribution in [2.45, 2.75) is 58.4 Å². The quantitative estimate of drug-likeness (QED) is 0.444. The minimum atomic E-state index is -0.422. The van der Waals surface area contributed by atoms with Gasteiger partial charge in [0.15, 0.2) is 0 Å². The summed E-state index contributed by atoms with van der Waals surface area (Å²) in [6.07, 6.45) is 6.17. The Morgan fingerprint density at radius 2 is 2.07 bits per heavy atom. The first-order valence-corrected chi connectivity index (χ1v) is 5.73. The molecule has 1 saturated carbocycles. The zero-order valence-electron chi connectivity index (χ0n) is 9.58. The maximum Gasteiger partial charge on any atom is 0.433 e. The summed E-state index contributed by atoms with van der Waals surface area (Å²) in [5, 5.41) is 6.54. The number of hydrogen-bond acceptors (Lipinski definition) is 3. The van der Waals surface area contributed by atoms with E-state index in [4.69, 9.17) is 4.84 Å². The number of rotatable bonds is 3. The molecule has 4 heteroatoms. The summed E-state index contributed by atoms with van der Waals surface area (Å²) in [7, 11) is 0. The van der Waals surface area contributed by atoms with E-state index in [2.05, 4.69) is 10.5 Å². The van der Waals surface area contributed by atoms with Crippen molar-refractivity contribution >= 4 is 11.8 Å². The monoisotopic (exact) mass is 212 g/mol. The molecule has 0 bridgehead atoms. The van der Waals surface area contributed by atoms with Crippen LogP contribution in [0.5, 0.6) is 0 Å². The summed E-state index contributed by atoms with van der Waals surface area (Å²) in [5.74, 6) is 0. The van der Waals surface area contributed by atoms with E-state index in [9.17, 15) is 4.79 Å². The van der Waals surface area contributed by atoms with Crippen molar-refractivity contribution < 1.29 is 9.63 Å². The molecule has 86 valence electrons. The van der Waals surface area contributed by atoms with Crippen LogP contribution in [0.25, 0.3) is 0 Å². The fourth-order valence-electron chi connectivity index (χ4n) is 1.62. The van der Waals surface area contributed by atoms with Crippen LogP contribution in [0.2, 0.25) is 0 Å². The van der Waals surface area contributed by atoms with Crippen LogP contribution in [-0.2, 0) is 4.84 Å². The molecule has 1 aliphatic rings. The molecule has 1 amide bonds. The second-order valence-electron chi connectivity index (χ2n) is 4.04. The highest BCUT2D eigenvalue weighted by Gasteiger charge is 2.16. The summed E-state index contributed by atoms with van der Waals surface area (Å²) in [4.78, 5) is 16.0. The van der Waals surface area contributed by atoms with Gasteiger partial charge in [0.2, 0.25) is 0 Å². The molecule has 0 heterocycles. The lowest BCUT2D eigenvalue weighted by molar-refractivity contribution is 0.143. The summed E-state index contributed by atoms with van der Waals surface area (Å²) in [6, 6.07) is 0.281. The molecule has 1 N–H and O–H groups in total. The second kappa shape index (κ2) is 6.43. The van der Waals surface area contributed by atoms with Gasteiger partial charge >= 0.3 is 6.09 Å². The van der Waals surface area contributed by atoms with E-state index in [-0.39, 0.29) is 6.04 Å². The van der Waals surface area contributed by atoms with Gasteiger partial charge in [-0.1, -0.05) is 31.3 Å². The van der Waals surface area contributed by atoms with Gasteiger partial charge in [-0.3, -0.25) is 4.84 Å². The Labute approximate surface area is 91.1 Å². The molecule has 1 aliphatic carbocycles. The molecule has 0 aliphatic heterocycles. The van der Waals surface area contributed by atoms with Crippen LogP contribution < -0.4 is 5.32 Å². The Bertz CT molecular complexity index is 233. The minimum absolute atomic E-state index is 0.281. The third-order valence-corrected chi connectivity index (χ3v) is 2.72. The zero-order valence-corrected chi connectivity index (χ0v) is 9.58. The molecule has 1 fully saturated rings. The number of hydrogen-bond donors (Lipinski definition) is 1. The first kappa shape index (κ1) is 12.0. The normalized spacial score (nSPS) is 18.7. The van der Waals surface area contributed by atoms with E-state index in [1.165, 1.54) is 19.3 Å². The summed E-state index contributed by atoms with van der Waals surface area (Å²) in [5.41, 5.74) is 0.828. The standard InChI is InChI=1S/C11H20N2O2/c1-3-9(2)13-15-11(14)12-10-7-5-4-6-8-10/h10H,3-8H2,1-2H3,(H,12,14)/b13-9+. The highest BCUT2D eigenvalue weighted by Crippen LogP contribution is 2.17. The van der Waals surface area contributed by atoms with E-state index in [0.717, 1.165) is 25.0 Å². The summed E-state index contributed by atoms with van der Waals surface area (Å²) < 4.78 is 0. The molecule has 0 aromatic heterocycles. The van der Waals surface area contributed by atoms with Crippen LogP contribution in [0.3, 0.4) is 0 Å². The van der Waals surface area contributed by atoms with Gasteiger partial charge in [-0.2, -0.15) is 0 Å². The number of amides is 1. The van der Waals surface area contributed by atoms with Gasteiger partial charge in [-0.05, 0) is 26.2 Å². The molecule has 15 heavy (non-hydrogen) atoms. The van der Waals surface area contributed by atoms with Gasteiger partial charge in [0.1, 0.15) is 0 Å². The molecule has 0 saturated heterocycles.